The molecule has 19 heavy (non-hydrogen) atoms. The summed E-state index contributed by atoms with van der Waals surface area (Å²) in [6.45, 7) is 1.10. The zero-order chi connectivity index (χ0) is 13.9. The molecular weight excluding hydrogens is 354 g/mol. The lowest BCUT2D eigenvalue weighted by atomic mass is 10.2. The van der Waals surface area contributed by atoms with E-state index in [1.54, 1.807) is 6.07 Å². The van der Waals surface area contributed by atoms with Crippen LogP contribution in [0.5, 0.6) is 0 Å². The second-order valence-corrected chi connectivity index (χ2v) is 7.36. The van der Waals surface area contributed by atoms with E-state index in [0.717, 1.165) is 25.7 Å². The Morgan fingerprint density at radius 1 is 1.26 bits per heavy atom. The number of anilines is 1. The van der Waals surface area contributed by atoms with Crippen molar-refractivity contribution in [2.45, 2.75) is 25.7 Å². The van der Waals surface area contributed by atoms with Gasteiger partial charge >= 0.3 is 10.2 Å². The molecule has 0 unspecified atom stereocenters. The molecule has 1 fully saturated rings. The highest BCUT2D eigenvalue weighted by atomic mass is 79.9. The van der Waals surface area contributed by atoms with Crippen LogP contribution in [0.3, 0.4) is 0 Å². The van der Waals surface area contributed by atoms with Gasteiger partial charge in [-0.3, -0.25) is 4.72 Å². The van der Waals surface area contributed by atoms with Gasteiger partial charge in [-0.05, 0) is 34.8 Å². The summed E-state index contributed by atoms with van der Waals surface area (Å²) in [5.74, 6) is 0. The first-order chi connectivity index (χ1) is 8.99. The van der Waals surface area contributed by atoms with Crippen molar-refractivity contribution in [1.82, 2.24) is 9.29 Å². The Morgan fingerprint density at radius 3 is 2.53 bits per heavy atom. The lowest BCUT2D eigenvalue weighted by molar-refractivity contribution is 0.427. The van der Waals surface area contributed by atoms with E-state index in [1.165, 1.54) is 10.5 Å². The first-order valence-electron chi connectivity index (χ1n) is 6.08. The van der Waals surface area contributed by atoms with Gasteiger partial charge in [-0.2, -0.15) is 12.7 Å². The summed E-state index contributed by atoms with van der Waals surface area (Å²) in [5, 5.41) is 0.140. The summed E-state index contributed by atoms with van der Waals surface area (Å²) in [4.78, 5) is 3.90. The number of hydrogen-bond acceptors (Lipinski definition) is 3. The molecule has 2 rings (SSSR count). The Morgan fingerprint density at radius 2 is 1.89 bits per heavy atom. The van der Waals surface area contributed by atoms with E-state index in [2.05, 4.69) is 25.6 Å². The number of aromatic nitrogens is 1. The number of hydrogen-bond donors (Lipinski definition) is 1. The molecular formula is C11H15BrClN3O2S. The van der Waals surface area contributed by atoms with Crippen molar-refractivity contribution in [3.8, 4) is 0 Å². The summed E-state index contributed by atoms with van der Waals surface area (Å²) in [6.07, 6.45) is 5.46. The van der Waals surface area contributed by atoms with Gasteiger partial charge in [-0.25, -0.2) is 4.98 Å². The lowest BCUT2D eigenvalue weighted by Gasteiger charge is -2.21. The van der Waals surface area contributed by atoms with Crippen molar-refractivity contribution in [3.63, 3.8) is 0 Å². The summed E-state index contributed by atoms with van der Waals surface area (Å²) >= 11 is 9.14. The minimum Gasteiger partial charge on any atom is -0.268 e. The van der Waals surface area contributed by atoms with Gasteiger partial charge in [0.05, 0.1) is 5.69 Å². The lowest BCUT2D eigenvalue weighted by Crippen LogP contribution is -2.36. The molecule has 1 aromatic rings. The Hall–Kier alpha value is -0.370. The summed E-state index contributed by atoms with van der Waals surface area (Å²) in [5.41, 5.74) is 0.292. The molecule has 0 aromatic carbocycles. The first kappa shape index (κ1) is 15.0. The molecule has 1 aromatic heterocycles. The molecule has 1 N–H and O–H groups in total. The zero-order valence-corrected chi connectivity index (χ0v) is 13.4. The first-order valence-corrected chi connectivity index (χ1v) is 8.69. The zero-order valence-electron chi connectivity index (χ0n) is 10.3. The largest absolute Gasteiger partial charge is 0.301 e. The Kier molecular flexibility index (Phi) is 5.05. The van der Waals surface area contributed by atoms with Gasteiger partial charge in [0.2, 0.25) is 0 Å². The molecule has 1 aliphatic heterocycles. The summed E-state index contributed by atoms with van der Waals surface area (Å²) < 4.78 is 29.2. The van der Waals surface area contributed by atoms with E-state index in [1.807, 2.05) is 0 Å². The van der Waals surface area contributed by atoms with Crippen LogP contribution in [0.15, 0.2) is 16.7 Å². The van der Waals surface area contributed by atoms with Crippen LogP contribution in [-0.4, -0.2) is 30.8 Å². The van der Waals surface area contributed by atoms with Crippen molar-refractivity contribution < 1.29 is 8.42 Å². The number of pyridine rings is 1. The maximum atomic E-state index is 12.3. The molecule has 0 radical (unpaired) electrons. The molecule has 8 heteroatoms. The third kappa shape index (κ3) is 4.05. The SMILES string of the molecule is O=S(=O)(Nc1cc(Br)cnc1Cl)N1CCCCCC1. The van der Waals surface area contributed by atoms with Crippen LogP contribution in [0.25, 0.3) is 0 Å². The highest BCUT2D eigenvalue weighted by Gasteiger charge is 2.23. The molecule has 0 bridgehead atoms. The highest BCUT2D eigenvalue weighted by Crippen LogP contribution is 2.25. The van der Waals surface area contributed by atoms with Gasteiger partial charge in [-0.15, -0.1) is 0 Å². The fourth-order valence-corrected chi connectivity index (χ4v) is 3.82. The number of nitrogens with one attached hydrogen (secondary N) is 1. The van der Waals surface area contributed by atoms with E-state index in [4.69, 9.17) is 11.6 Å². The molecule has 0 amide bonds. The third-order valence-electron chi connectivity index (χ3n) is 2.95. The summed E-state index contributed by atoms with van der Waals surface area (Å²) in [6, 6.07) is 1.60. The minimum atomic E-state index is -3.56. The normalized spacial score (nSPS) is 18.0. The highest BCUT2D eigenvalue weighted by molar-refractivity contribution is 9.10. The Balaban J connectivity index is 2.18. The van der Waals surface area contributed by atoms with Crippen LogP contribution < -0.4 is 4.72 Å². The number of halogens is 2. The van der Waals surface area contributed by atoms with Crippen molar-refractivity contribution >= 4 is 43.4 Å². The standard InChI is InChI=1S/C11H15BrClN3O2S/c12-9-7-10(11(13)14-8-9)15-19(17,18)16-5-3-1-2-4-6-16/h7-8,15H,1-6H2. The molecule has 0 spiro atoms. The fourth-order valence-electron chi connectivity index (χ4n) is 1.98. The van der Waals surface area contributed by atoms with Crippen molar-refractivity contribution in [2.24, 2.45) is 0 Å². The van der Waals surface area contributed by atoms with E-state index >= 15 is 0 Å². The van der Waals surface area contributed by atoms with Gasteiger partial charge in [0.15, 0.2) is 5.15 Å². The number of rotatable bonds is 3. The predicted molar refractivity (Wildman–Crippen MR) is 79.5 cm³/mol. The maximum absolute atomic E-state index is 12.3. The number of nitrogens with zero attached hydrogens (tertiary/aromatic N) is 2. The maximum Gasteiger partial charge on any atom is 0.301 e. The van der Waals surface area contributed by atoms with Crippen LogP contribution in [0.2, 0.25) is 5.15 Å². The van der Waals surface area contributed by atoms with Gasteiger partial charge < -0.3 is 0 Å². The van der Waals surface area contributed by atoms with E-state index < -0.39 is 10.2 Å². The molecule has 0 atom stereocenters. The summed E-state index contributed by atoms with van der Waals surface area (Å²) in [7, 11) is -3.56. The van der Waals surface area contributed by atoms with Crippen molar-refractivity contribution in [3.05, 3.63) is 21.9 Å². The van der Waals surface area contributed by atoms with E-state index in [9.17, 15) is 8.42 Å². The average Bonchev–Trinajstić information content (AvgIpc) is 2.63. The molecule has 5 nitrogen and oxygen atoms in total. The van der Waals surface area contributed by atoms with Crippen molar-refractivity contribution in [2.75, 3.05) is 17.8 Å². The van der Waals surface area contributed by atoms with Crippen LogP contribution in [0, 0.1) is 0 Å². The predicted octanol–water partition coefficient (Wildman–Crippen LogP) is 3.03. The van der Waals surface area contributed by atoms with Gasteiger partial charge in [0.25, 0.3) is 0 Å². The van der Waals surface area contributed by atoms with Crippen LogP contribution in [0.1, 0.15) is 25.7 Å². The second kappa shape index (κ2) is 6.39. The second-order valence-electron chi connectivity index (χ2n) is 4.41. The van der Waals surface area contributed by atoms with Crippen LogP contribution >= 0.6 is 27.5 Å². The van der Waals surface area contributed by atoms with Gasteiger partial charge in [0.1, 0.15) is 0 Å². The van der Waals surface area contributed by atoms with E-state index in [0.29, 0.717) is 23.2 Å². The molecule has 1 saturated heterocycles. The molecule has 1 aliphatic rings. The topological polar surface area (TPSA) is 62.3 Å². The molecule has 0 saturated carbocycles. The van der Waals surface area contributed by atoms with Crippen molar-refractivity contribution in [1.29, 1.82) is 0 Å². The van der Waals surface area contributed by atoms with Crippen LogP contribution in [-0.2, 0) is 10.2 Å². The van der Waals surface area contributed by atoms with E-state index in [-0.39, 0.29) is 5.15 Å². The fraction of sp³-hybridized carbons (Fsp3) is 0.545. The Bertz CT molecular complexity index is 545. The molecule has 0 aliphatic carbocycles. The minimum absolute atomic E-state index is 0.140. The Labute approximate surface area is 126 Å². The third-order valence-corrected chi connectivity index (χ3v) is 5.21. The monoisotopic (exact) mass is 367 g/mol. The van der Waals surface area contributed by atoms with Gasteiger partial charge in [0, 0.05) is 23.8 Å². The van der Waals surface area contributed by atoms with Gasteiger partial charge in [-0.1, -0.05) is 24.4 Å². The average molecular weight is 369 g/mol. The molecule has 2 heterocycles. The van der Waals surface area contributed by atoms with Crippen LogP contribution in [0.4, 0.5) is 5.69 Å². The smallest absolute Gasteiger partial charge is 0.268 e. The molecule has 106 valence electrons. The quantitative estimate of drug-likeness (QED) is 0.834.